The monoisotopic (exact) mass is 354 g/mol. The molecule has 1 aromatic heterocycles. The van der Waals surface area contributed by atoms with Crippen molar-refractivity contribution in [3.63, 3.8) is 0 Å². The number of amides is 1. The summed E-state index contributed by atoms with van der Waals surface area (Å²) in [5.74, 6) is 0.107. The number of nitrogens with two attached hydrogens (primary N) is 1. The fourth-order valence-electron chi connectivity index (χ4n) is 1.98. The molecule has 0 aliphatic heterocycles. The van der Waals surface area contributed by atoms with Crippen molar-refractivity contribution in [2.75, 3.05) is 5.32 Å². The lowest BCUT2D eigenvalue weighted by molar-refractivity contribution is -0.116. The Kier molecular flexibility index (Phi) is 5.08. The van der Waals surface area contributed by atoms with Gasteiger partial charge in [0.1, 0.15) is 11.6 Å². The molecule has 0 fully saturated rings. The number of aryl methyl sites for hydroxylation is 2. The largest absolute Gasteiger partial charge is 0.326 e. The van der Waals surface area contributed by atoms with Crippen LogP contribution in [0.4, 0.5) is 10.2 Å². The van der Waals surface area contributed by atoms with Crippen molar-refractivity contribution in [2.24, 2.45) is 12.8 Å². The highest BCUT2D eigenvalue weighted by atomic mass is 79.9. The van der Waals surface area contributed by atoms with Gasteiger partial charge in [0, 0.05) is 25.6 Å². The van der Waals surface area contributed by atoms with Crippen LogP contribution in [0.1, 0.15) is 17.5 Å². The lowest BCUT2D eigenvalue weighted by atomic mass is 10.1. The molecule has 3 N–H and O–H groups in total. The first-order chi connectivity index (χ1) is 10.0. The lowest BCUT2D eigenvalue weighted by Crippen LogP contribution is -2.17. The van der Waals surface area contributed by atoms with E-state index in [1.807, 2.05) is 0 Å². The van der Waals surface area contributed by atoms with E-state index in [2.05, 4.69) is 26.3 Å². The van der Waals surface area contributed by atoms with Crippen LogP contribution < -0.4 is 11.1 Å². The van der Waals surface area contributed by atoms with Gasteiger partial charge in [-0.2, -0.15) is 5.10 Å². The molecule has 7 heteroatoms. The van der Waals surface area contributed by atoms with Gasteiger partial charge in [0.2, 0.25) is 5.91 Å². The van der Waals surface area contributed by atoms with E-state index in [0.717, 1.165) is 11.1 Å². The maximum atomic E-state index is 13.4. The van der Waals surface area contributed by atoms with Gasteiger partial charge < -0.3 is 11.1 Å². The Morgan fingerprint density at radius 3 is 2.95 bits per heavy atom. The van der Waals surface area contributed by atoms with Crippen LogP contribution in [0.15, 0.2) is 28.9 Å². The maximum absolute atomic E-state index is 13.4. The molecule has 1 aromatic carbocycles. The third kappa shape index (κ3) is 3.68. The van der Waals surface area contributed by atoms with Gasteiger partial charge in [0.25, 0.3) is 0 Å². The van der Waals surface area contributed by atoms with Crippen LogP contribution >= 0.6 is 15.9 Å². The summed E-state index contributed by atoms with van der Waals surface area (Å²) >= 11 is 3.19. The number of benzene rings is 1. The molecular weight excluding hydrogens is 339 g/mol. The van der Waals surface area contributed by atoms with Gasteiger partial charge >= 0.3 is 0 Å². The summed E-state index contributed by atoms with van der Waals surface area (Å²) in [5, 5.41) is 6.84. The van der Waals surface area contributed by atoms with Crippen LogP contribution in [0.5, 0.6) is 0 Å². The Bertz CT molecular complexity index is 656. The van der Waals surface area contributed by atoms with Gasteiger partial charge in [-0.1, -0.05) is 12.1 Å². The average Bonchev–Trinajstić information content (AvgIpc) is 2.81. The number of hydrogen-bond acceptors (Lipinski definition) is 3. The Hall–Kier alpha value is -1.73. The van der Waals surface area contributed by atoms with Crippen LogP contribution in [-0.2, 0) is 24.8 Å². The zero-order valence-electron chi connectivity index (χ0n) is 11.6. The Balaban J connectivity index is 1.99. The molecule has 0 radical (unpaired) electrons. The maximum Gasteiger partial charge on any atom is 0.225 e. The number of halogens is 2. The second-order valence-electron chi connectivity index (χ2n) is 4.61. The molecule has 1 amide bonds. The van der Waals surface area contributed by atoms with Gasteiger partial charge in [0.05, 0.1) is 10.7 Å². The minimum Gasteiger partial charge on any atom is -0.326 e. The summed E-state index contributed by atoms with van der Waals surface area (Å²) in [4.78, 5) is 12.0. The molecule has 5 nitrogen and oxygen atoms in total. The van der Waals surface area contributed by atoms with Crippen molar-refractivity contribution in [1.82, 2.24) is 9.78 Å². The van der Waals surface area contributed by atoms with E-state index in [-0.39, 0.29) is 18.1 Å². The highest BCUT2D eigenvalue weighted by molar-refractivity contribution is 9.10. The predicted octanol–water partition coefficient (Wildman–Crippen LogP) is 2.35. The minimum absolute atomic E-state index is 0.163. The molecule has 112 valence electrons. The quantitative estimate of drug-likeness (QED) is 0.865. The molecule has 21 heavy (non-hydrogen) atoms. The number of anilines is 1. The minimum atomic E-state index is -0.329. The Morgan fingerprint density at radius 1 is 1.48 bits per heavy atom. The molecular formula is C14H16BrFN4O. The summed E-state index contributed by atoms with van der Waals surface area (Å²) in [6.45, 7) is 0.304. The average molecular weight is 355 g/mol. The zero-order valence-corrected chi connectivity index (χ0v) is 13.2. The SMILES string of the molecule is Cn1ncc(CN)c1NC(=O)CCc1cccc(F)c1Br. The number of nitrogens with one attached hydrogen (secondary N) is 1. The number of carbonyl (C=O) groups excluding carboxylic acids is 1. The van der Waals surface area contributed by atoms with E-state index in [9.17, 15) is 9.18 Å². The molecule has 1 heterocycles. The number of hydrogen-bond donors (Lipinski definition) is 2. The lowest BCUT2D eigenvalue weighted by Gasteiger charge is -2.08. The molecule has 2 rings (SSSR count). The third-order valence-corrected chi connectivity index (χ3v) is 4.03. The highest BCUT2D eigenvalue weighted by Gasteiger charge is 2.12. The summed E-state index contributed by atoms with van der Waals surface area (Å²) in [6.07, 6.45) is 2.32. The van der Waals surface area contributed by atoms with E-state index in [4.69, 9.17) is 5.73 Å². The van der Waals surface area contributed by atoms with Crippen LogP contribution in [-0.4, -0.2) is 15.7 Å². The van der Waals surface area contributed by atoms with Crippen LogP contribution in [0.25, 0.3) is 0 Å². The summed E-state index contributed by atoms with van der Waals surface area (Å²) in [7, 11) is 1.73. The molecule has 0 unspecified atom stereocenters. The first-order valence-electron chi connectivity index (χ1n) is 6.46. The number of nitrogens with zero attached hydrogens (tertiary/aromatic N) is 2. The Labute approximate surface area is 130 Å². The van der Waals surface area contributed by atoms with Gasteiger partial charge in [-0.05, 0) is 34.0 Å². The summed E-state index contributed by atoms with van der Waals surface area (Å²) in [6, 6.07) is 4.79. The van der Waals surface area contributed by atoms with Crippen LogP contribution in [0, 0.1) is 5.82 Å². The topological polar surface area (TPSA) is 72.9 Å². The van der Waals surface area contributed by atoms with Crippen molar-refractivity contribution in [3.8, 4) is 0 Å². The smallest absolute Gasteiger partial charge is 0.225 e. The van der Waals surface area contributed by atoms with Crippen LogP contribution in [0.2, 0.25) is 0 Å². The van der Waals surface area contributed by atoms with Gasteiger partial charge in [-0.3, -0.25) is 9.48 Å². The van der Waals surface area contributed by atoms with E-state index in [0.29, 0.717) is 23.3 Å². The van der Waals surface area contributed by atoms with Crippen molar-refractivity contribution in [1.29, 1.82) is 0 Å². The molecule has 2 aromatic rings. The normalized spacial score (nSPS) is 10.7. The molecule has 0 spiro atoms. The van der Waals surface area contributed by atoms with Gasteiger partial charge in [-0.15, -0.1) is 0 Å². The number of aromatic nitrogens is 2. The fraction of sp³-hybridized carbons (Fsp3) is 0.286. The first-order valence-corrected chi connectivity index (χ1v) is 7.26. The molecule has 0 saturated carbocycles. The van der Waals surface area contributed by atoms with E-state index < -0.39 is 0 Å². The second-order valence-corrected chi connectivity index (χ2v) is 5.40. The predicted molar refractivity (Wildman–Crippen MR) is 82.2 cm³/mol. The van der Waals surface area contributed by atoms with Gasteiger partial charge in [0.15, 0.2) is 0 Å². The van der Waals surface area contributed by atoms with Crippen molar-refractivity contribution < 1.29 is 9.18 Å². The van der Waals surface area contributed by atoms with E-state index in [1.54, 1.807) is 30.1 Å². The highest BCUT2D eigenvalue weighted by Crippen LogP contribution is 2.22. The Morgan fingerprint density at radius 2 is 2.24 bits per heavy atom. The summed E-state index contributed by atoms with van der Waals surface area (Å²) < 4.78 is 15.4. The molecule has 0 aliphatic rings. The zero-order chi connectivity index (χ0) is 15.4. The molecule has 0 saturated heterocycles. The van der Waals surface area contributed by atoms with Crippen molar-refractivity contribution in [2.45, 2.75) is 19.4 Å². The standard InChI is InChI=1S/C14H16BrFN4O/c1-20-14(10(7-17)8-18-20)19-12(21)6-5-9-3-2-4-11(16)13(9)15/h2-4,8H,5-7,17H2,1H3,(H,19,21). The van der Waals surface area contributed by atoms with E-state index in [1.165, 1.54) is 6.07 Å². The molecule has 0 aliphatic carbocycles. The van der Waals surface area contributed by atoms with Crippen molar-refractivity contribution >= 4 is 27.7 Å². The van der Waals surface area contributed by atoms with Crippen LogP contribution in [0.3, 0.4) is 0 Å². The first kappa shape index (κ1) is 15.7. The van der Waals surface area contributed by atoms with Gasteiger partial charge in [-0.25, -0.2) is 4.39 Å². The van der Waals surface area contributed by atoms with E-state index >= 15 is 0 Å². The van der Waals surface area contributed by atoms with Crippen molar-refractivity contribution in [3.05, 3.63) is 45.8 Å². The second kappa shape index (κ2) is 6.82. The number of rotatable bonds is 5. The number of carbonyl (C=O) groups is 1. The fourth-order valence-corrected chi connectivity index (χ4v) is 2.44. The summed E-state index contributed by atoms with van der Waals surface area (Å²) in [5.41, 5.74) is 7.12. The third-order valence-electron chi connectivity index (χ3n) is 3.15. The molecule has 0 atom stereocenters. The molecule has 0 bridgehead atoms.